The molecule has 1 unspecified atom stereocenters. The Hall–Kier alpha value is -0.123. The molecule has 0 heterocycles. The van der Waals surface area contributed by atoms with E-state index >= 15 is 0 Å². The van der Waals surface area contributed by atoms with E-state index in [4.69, 9.17) is 8.85 Å². The molecule has 0 bridgehead atoms. The van der Waals surface area contributed by atoms with Gasteiger partial charge in [-0.2, -0.15) is 0 Å². The summed E-state index contributed by atoms with van der Waals surface area (Å²) in [5, 5.41) is 0. The van der Waals surface area contributed by atoms with Crippen LogP contribution < -0.4 is 0 Å². The molecule has 1 atom stereocenters. The highest BCUT2D eigenvalue weighted by Crippen LogP contribution is 2.22. The molecule has 0 aromatic rings. The second kappa shape index (κ2) is 10.4. The molecule has 0 aliphatic rings. The number of hydrogen-bond donors (Lipinski definition) is 0. The number of hydrogen-bond acceptors (Lipinski definition) is 2. The molecule has 15 heavy (non-hydrogen) atoms. The molecule has 0 aliphatic carbocycles. The maximum absolute atomic E-state index is 5.71. The predicted octanol–water partition coefficient (Wildman–Crippen LogP) is 3.42. The minimum atomic E-state index is -1.51. The van der Waals surface area contributed by atoms with Gasteiger partial charge in [0, 0.05) is 18.8 Å². The standard InChI is InChI=1S/C12H26O2Si/c1-5-9-10-11-12(6-2)15(13-7-3)14-8-4/h6,12,15H,2,5,7-11H2,1,3-4H3. The fourth-order valence-electron chi connectivity index (χ4n) is 1.62. The molecule has 0 saturated heterocycles. The topological polar surface area (TPSA) is 18.5 Å². The lowest BCUT2D eigenvalue weighted by atomic mass is 10.1. The van der Waals surface area contributed by atoms with Crippen molar-refractivity contribution in [2.75, 3.05) is 13.2 Å². The van der Waals surface area contributed by atoms with Crippen LogP contribution in [0.2, 0.25) is 5.54 Å². The van der Waals surface area contributed by atoms with Crippen LogP contribution in [0, 0.1) is 0 Å². The second-order valence-electron chi connectivity index (χ2n) is 3.67. The van der Waals surface area contributed by atoms with Gasteiger partial charge in [0.2, 0.25) is 0 Å². The van der Waals surface area contributed by atoms with Crippen LogP contribution in [0.1, 0.15) is 46.5 Å². The summed E-state index contributed by atoms with van der Waals surface area (Å²) in [5.74, 6) is 0. The van der Waals surface area contributed by atoms with E-state index in [0.717, 1.165) is 13.2 Å². The van der Waals surface area contributed by atoms with Gasteiger partial charge in [-0.1, -0.05) is 32.3 Å². The Morgan fingerprint density at radius 2 is 1.73 bits per heavy atom. The smallest absolute Gasteiger partial charge is 0.328 e. The third-order valence-corrected chi connectivity index (χ3v) is 5.08. The monoisotopic (exact) mass is 230 g/mol. The van der Waals surface area contributed by atoms with Crippen molar-refractivity contribution >= 4 is 9.28 Å². The average Bonchev–Trinajstić information content (AvgIpc) is 2.24. The summed E-state index contributed by atoms with van der Waals surface area (Å²) >= 11 is 0. The van der Waals surface area contributed by atoms with Crippen LogP contribution in [-0.4, -0.2) is 22.5 Å². The summed E-state index contributed by atoms with van der Waals surface area (Å²) in [5.41, 5.74) is 0.469. The normalized spacial score (nSPS) is 13.1. The van der Waals surface area contributed by atoms with Crippen molar-refractivity contribution in [1.82, 2.24) is 0 Å². The van der Waals surface area contributed by atoms with E-state index in [2.05, 4.69) is 13.5 Å². The van der Waals surface area contributed by atoms with Gasteiger partial charge >= 0.3 is 9.28 Å². The van der Waals surface area contributed by atoms with Crippen LogP contribution in [-0.2, 0) is 8.85 Å². The summed E-state index contributed by atoms with van der Waals surface area (Å²) in [6, 6.07) is 0. The first-order valence-electron chi connectivity index (χ1n) is 6.15. The van der Waals surface area contributed by atoms with Crippen LogP contribution in [0.15, 0.2) is 12.7 Å². The van der Waals surface area contributed by atoms with Gasteiger partial charge in [-0.25, -0.2) is 0 Å². The lowest BCUT2D eigenvalue weighted by Gasteiger charge is -2.21. The third-order valence-electron chi connectivity index (χ3n) is 2.46. The Bertz CT molecular complexity index is 145. The third kappa shape index (κ3) is 6.87. The molecule has 0 spiro atoms. The maximum atomic E-state index is 5.71. The molecule has 0 N–H and O–H groups in total. The molecular weight excluding hydrogens is 204 g/mol. The van der Waals surface area contributed by atoms with Gasteiger partial charge in [-0.05, 0) is 20.3 Å². The number of allylic oxidation sites excluding steroid dienone is 1. The van der Waals surface area contributed by atoms with Crippen molar-refractivity contribution in [3.05, 3.63) is 12.7 Å². The summed E-state index contributed by atoms with van der Waals surface area (Å²) < 4.78 is 11.4. The lowest BCUT2D eigenvalue weighted by molar-refractivity contribution is 0.206. The molecule has 0 aromatic heterocycles. The minimum Gasteiger partial charge on any atom is -0.396 e. The van der Waals surface area contributed by atoms with Gasteiger partial charge in [-0.15, -0.1) is 6.58 Å². The molecule has 0 radical (unpaired) electrons. The Balaban J connectivity index is 3.99. The van der Waals surface area contributed by atoms with Crippen molar-refractivity contribution in [3.63, 3.8) is 0 Å². The summed E-state index contributed by atoms with van der Waals surface area (Å²) in [6.07, 6.45) is 7.02. The molecule has 90 valence electrons. The molecule has 3 heteroatoms. The summed E-state index contributed by atoms with van der Waals surface area (Å²) in [7, 11) is -1.51. The first-order valence-corrected chi connectivity index (χ1v) is 7.76. The van der Waals surface area contributed by atoms with E-state index in [-0.39, 0.29) is 0 Å². The highest BCUT2D eigenvalue weighted by atomic mass is 28.3. The molecule has 0 fully saturated rings. The van der Waals surface area contributed by atoms with E-state index in [1.54, 1.807) is 0 Å². The van der Waals surface area contributed by atoms with Gasteiger partial charge in [0.25, 0.3) is 0 Å². The van der Waals surface area contributed by atoms with Gasteiger partial charge in [0.05, 0.1) is 0 Å². The van der Waals surface area contributed by atoms with Gasteiger partial charge < -0.3 is 8.85 Å². The maximum Gasteiger partial charge on any atom is 0.328 e. The Kier molecular flexibility index (Phi) is 10.3. The number of unbranched alkanes of at least 4 members (excludes halogenated alkanes) is 2. The van der Waals surface area contributed by atoms with Gasteiger partial charge in [0.1, 0.15) is 0 Å². The SMILES string of the molecule is C=CC(CCCCC)[SiH](OCC)OCC. The zero-order chi connectivity index (χ0) is 11.5. The summed E-state index contributed by atoms with van der Waals surface area (Å²) in [6.45, 7) is 11.7. The zero-order valence-corrected chi connectivity index (χ0v) is 11.7. The fraction of sp³-hybridized carbons (Fsp3) is 0.833. The van der Waals surface area contributed by atoms with Crippen LogP contribution in [0.3, 0.4) is 0 Å². The first-order chi connectivity index (χ1) is 7.29. The van der Waals surface area contributed by atoms with Crippen LogP contribution >= 0.6 is 0 Å². The Morgan fingerprint density at radius 3 is 2.13 bits per heavy atom. The molecule has 0 aromatic carbocycles. The fourth-order valence-corrected chi connectivity index (χ4v) is 3.60. The van der Waals surface area contributed by atoms with E-state index < -0.39 is 9.28 Å². The highest BCUT2D eigenvalue weighted by Gasteiger charge is 2.22. The Morgan fingerprint density at radius 1 is 1.13 bits per heavy atom. The quantitative estimate of drug-likeness (QED) is 0.325. The molecule has 0 amide bonds. The second-order valence-corrected chi connectivity index (χ2v) is 5.93. The van der Waals surface area contributed by atoms with Crippen LogP contribution in [0.5, 0.6) is 0 Å². The van der Waals surface area contributed by atoms with Gasteiger partial charge in [0.15, 0.2) is 0 Å². The van der Waals surface area contributed by atoms with E-state index in [1.807, 2.05) is 19.9 Å². The van der Waals surface area contributed by atoms with E-state index in [9.17, 15) is 0 Å². The van der Waals surface area contributed by atoms with E-state index in [0.29, 0.717) is 5.54 Å². The minimum absolute atomic E-state index is 0.469. The van der Waals surface area contributed by atoms with Gasteiger partial charge in [-0.3, -0.25) is 0 Å². The highest BCUT2D eigenvalue weighted by molar-refractivity contribution is 6.47. The zero-order valence-electron chi connectivity index (χ0n) is 10.5. The average molecular weight is 230 g/mol. The molecule has 2 nitrogen and oxygen atoms in total. The van der Waals surface area contributed by atoms with Crippen molar-refractivity contribution in [1.29, 1.82) is 0 Å². The predicted molar refractivity (Wildman–Crippen MR) is 68.5 cm³/mol. The van der Waals surface area contributed by atoms with Crippen LogP contribution in [0.4, 0.5) is 0 Å². The largest absolute Gasteiger partial charge is 0.396 e. The number of rotatable bonds is 10. The lowest BCUT2D eigenvalue weighted by Crippen LogP contribution is -2.28. The van der Waals surface area contributed by atoms with E-state index in [1.165, 1.54) is 25.7 Å². The summed E-state index contributed by atoms with van der Waals surface area (Å²) in [4.78, 5) is 0. The molecule has 0 aliphatic heterocycles. The first kappa shape index (κ1) is 14.9. The van der Waals surface area contributed by atoms with Crippen molar-refractivity contribution in [3.8, 4) is 0 Å². The molecule has 0 saturated carbocycles. The van der Waals surface area contributed by atoms with Crippen LogP contribution in [0.25, 0.3) is 0 Å². The molecular formula is C12H26O2Si. The van der Waals surface area contributed by atoms with Crippen molar-refractivity contribution < 1.29 is 8.85 Å². The van der Waals surface area contributed by atoms with Crippen molar-refractivity contribution in [2.24, 2.45) is 0 Å². The molecule has 0 rings (SSSR count). The van der Waals surface area contributed by atoms with Crippen molar-refractivity contribution in [2.45, 2.75) is 52.0 Å². The Labute approximate surface area is 96.5 Å².